The van der Waals surface area contributed by atoms with Crippen molar-refractivity contribution in [1.82, 2.24) is 4.98 Å². The Kier molecular flexibility index (Phi) is 4.74. The molecule has 0 bridgehead atoms. The standard InChI is InChI=1S/C19H18N2O3S2/c1-3-24-12-8-9-14-16(10-12)26-19(20-14)21-17(22)11-25-18(21)13-6-4-5-7-15(13)23-2/h4-10,18H,3,11H2,1-2H3. The van der Waals surface area contributed by atoms with Crippen molar-refractivity contribution in [3.8, 4) is 11.5 Å². The highest BCUT2D eigenvalue weighted by molar-refractivity contribution is 8.00. The molecule has 0 aliphatic carbocycles. The van der Waals surface area contributed by atoms with Crippen molar-refractivity contribution >= 4 is 44.4 Å². The molecule has 1 aliphatic heterocycles. The first kappa shape index (κ1) is 17.2. The van der Waals surface area contributed by atoms with E-state index in [0.29, 0.717) is 17.5 Å². The zero-order valence-electron chi connectivity index (χ0n) is 14.5. The minimum Gasteiger partial charge on any atom is -0.496 e. The average molecular weight is 386 g/mol. The number of anilines is 1. The third-order valence-electron chi connectivity index (χ3n) is 4.14. The molecule has 1 fully saturated rings. The summed E-state index contributed by atoms with van der Waals surface area (Å²) in [5.41, 5.74) is 1.86. The van der Waals surface area contributed by atoms with E-state index < -0.39 is 0 Å². The van der Waals surface area contributed by atoms with Crippen molar-refractivity contribution in [2.75, 3.05) is 24.4 Å². The van der Waals surface area contributed by atoms with Gasteiger partial charge in [-0.05, 0) is 31.2 Å². The van der Waals surface area contributed by atoms with E-state index in [4.69, 9.17) is 14.5 Å². The van der Waals surface area contributed by atoms with E-state index >= 15 is 0 Å². The first-order chi connectivity index (χ1) is 12.7. The lowest BCUT2D eigenvalue weighted by atomic mass is 10.2. The molecule has 3 aromatic rings. The number of rotatable bonds is 5. The summed E-state index contributed by atoms with van der Waals surface area (Å²) in [6.07, 6.45) is 0. The Hall–Kier alpha value is -2.25. The third-order valence-corrected chi connectivity index (χ3v) is 6.35. The third kappa shape index (κ3) is 3.01. The second-order valence-corrected chi connectivity index (χ2v) is 7.81. The van der Waals surface area contributed by atoms with E-state index in [2.05, 4.69) is 0 Å². The molecule has 1 saturated heterocycles. The first-order valence-electron chi connectivity index (χ1n) is 8.31. The van der Waals surface area contributed by atoms with E-state index in [0.717, 1.165) is 27.3 Å². The summed E-state index contributed by atoms with van der Waals surface area (Å²) < 4.78 is 12.1. The van der Waals surface area contributed by atoms with Crippen LogP contribution < -0.4 is 14.4 Å². The van der Waals surface area contributed by atoms with Crippen molar-refractivity contribution in [2.24, 2.45) is 0 Å². The van der Waals surface area contributed by atoms with E-state index in [1.807, 2.05) is 49.4 Å². The molecule has 0 spiro atoms. The van der Waals surface area contributed by atoms with Gasteiger partial charge in [0.05, 0.1) is 29.7 Å². The molecular weight excluding hydrogens is 368 g/mol. The highest BCUT2D eigenvalue weighted by atomic mass is 32.2. The van der Waals surface area contributed by atoms with Gasteiger partial charge in [-0.15, -0.1) is 11.8 Å². The lowest BCUT2D eigenvalue weighted by Gasteiger charge is -2.23. The number of aromatic nitrogens is 1. The molecule has 1 unspecified atom stereocenters. The van der Waals surface area contributed by atoms with Crippen LogP contribution >= 0.6 is 23.1 Å². The van der Waals surface area contributed by atoms with Gasteiger partial charge in [0.15, 0.2) is 5.13 Å². The summed E-state index contributed by atoms with van der Waals surface area (Å²) in [6, 6.07) is 13.6. The van der Waals surface area contributed by atoms with Gasteiger partial charge < -0.3 is 9.47 Å². The molecule has 2 heterocycles. The van der Waals surface area contributed by atoms with Crippen molar-refractivity contribution in [1.29, 1.82) is 0 Å². The number of fused-ring (bicyclic) bond motifs is 1. The van der Waals surface area contributed by atoms with Crippen molar-refractivity contribution < 1.29 is 14.3 Å². The molecule has 26 heavy (non-hydrogen) atoms. The fourth-order valence-electron chi connectivity index (χ4n) is 2.98. The van der Waals surface area contributed by atoms with Crippen LogP contribution in [0.25, 0.3) is 10.2 Å². The van der Waals surface area contributed by atoms with Crippen LogP contribution in [0.2, 0.25) is 0 Å². The van der Waals surface area contributed by atoms with Crippen LogP contribution in [-0.4, -0.2) is 30.4 Å². The van der Waals surface area contributed by atoms with Crippen molar-refractivity contribution in [3.05, 3.63) is 48.0 Å². The number of carbonyl (C=O) groups excluding carboxylic acids is 1. The maximum absolute atomic E-state index is 12.6. The molecule has 134 valence electrons. The summed E-state index contributed by atoms with van der Waals surface area (Å²) in [5.74, 6) is 2.10. The maximum atomic E-state index is 12.6. The number of benzene rings is 2. The molecule has 1 aromatic heterocycles. The quantitative estimate of drug-likeness (QED) is 0.647. The first-order valence-corrected chi connectivity index (χ1v) is 10.2. The van der Waals surface area contributed by atoms with Gasteiger partial charge in [0.25, 0.3) is 0 Å². The van der Waals surface area contributed by atoms with Crippen LogP contribution in [0.15, 0.2) is 42.5 Å². The summed E-state index contributed by atoms with van der Waals surface area (Å²) in [6.45, 7) is 2.58. The van der Waals surface area contributed by atoms with Gasteiger partial charge in [-0.25, -0.2) is 4.98 Å². The summed E-state index contributed by atoms with van der Waals surface area (Å²) >= 11 is 3.11. The number of nitrogens with zero attached hydrogens (tertiary/aromatic N) is 2. The fourth-order valence-corrected chi connectivity index (χ4v) is 5.27. The predicted octanol–water partition coefficient (Wildman–Crippen LogP) is 4.48. The van der Waals surface area contributed by atoms with E-state index in [-0.39, 0.29) is 11.3 Å². The molecule has 2 aromatic carbocycles. The van der Waals surface area contributed by atoms with Crippen LogP contribution in [0.4, 0.5) is 5.13 Å². The Bertz CT molecular complexity index is 957. The number of amides is 1. The Morgan fingerprint density at radius 3 is 2.92 bits per heavy atom. The maximum Gasteiger partial charge on any atom is 0.240 e. The molecular formula is C19H18N2O3S2. The van der Waals surface area contributed by atoms with Crippen molar-refractivity contribution in [3.63, 3.8) is 0 Å². The van der Waals surface area contributed by atoms with Gasteiger partial charge in [0, 0.05) is 5.56 Å². The number of hydrogen-bond acceptors (Lipinski definition) is 6. The average Bonchev–Trinajstić information content (AvgIpc) is 3.24. The van der Waals surface area contributed by atoms with Gasteiger partial charge in [-0.2, -0.15) is 0 Å². The summed E-state index contributed by atoms with van der Waals surface area (Å²) in [7, 11) is 1.65. The SMILES string of the molecule is CCOc1ccc2nc(N3C(=O)CSC3c3ccccc3OC)sc2c1. The number of methoxy groups -OCH3 is 1. The zero-order valence-corrected chi connectivity index (χ0v) is 16.1. The molecule has 0 N–H and O–H groups in total. The number of carbonyl (C=O) groups is 1. The van der Waals surface area contributed by atoms with Crippen LogP contribution in [0.3, 0.4) is 0 Å². The van der Waals surface area contributed by atoms with E-state index in [9.17, 15) is 4.79 Å². The molecule has 0 radical (unpaired) electrons. The molecule has 0 saturated carbocycles. The molecule has 4 rings (SSSR count). The predicted molar refractivity (Wildman–Crippen MR) is 106 cm³/mol. The number of para-hydroxylation sites is 1. The Labute approximate surface area is 159 Å². The van der Waals surface area contributed by atoms with Crippen LogP contribution in [0.1, 0.15) is 17.9 Å². The minimum atomic E-state index is -0.134. The lowest BCUT2D eigenvalue weighted by Crippen LogP contribution is -2.27. The molecule has 1 aliphatic rings. The molecule has 1 amide bonds. The number of ether oxygens (including phenoxy) is 2. The number of thiazole rings is 1. The summed E-state index contributed by atoms with van der Waals surface area (Å²) in [5, 5.41) is 0.574. The van der Waals surface area contributed by atoms with Gasteiger partial charge in [-0.1, -0.05) is 29.5 Å². The highest BCUT2D eigenvalue weighted by Gasteiger charge is 2.37. The molecule has 5 nitrogen and oxygen atoms in total. The largest absolute Gasteiger partial charge is 0.496 e. The second-order valence-electron chi connectivity index (χ2n) is 5.73. The normalized spacial score (nSPS) is 17.1. The van der Waals surface area contributed by atoms with Gasteiger partial charge in [0.2, 0.25) is 5.91 Å². The summed E-state index contributed by atoms with van der Waals surface area (Å²) in [4.78, 5) is 19.1. The molecule has 7 heteroatoms. The lowest BCUT2D eigenvalue weighted by molar-refractivity contribution is -0.115. The Balaban J connectivity index is 1.74. The Morgan fingerprint density at radius 2 is 2.12 bits per heavy atom. The molecule has 1 atom stereocenters. The number of hydrogen-bond donors (Lipinski definition) is 0. The topological polar surface area (TPSA) is 51.7 Å². The van der Waals surface area contributed by atoms with E-state index in [1.165, 1.54) is 11.3 Å². The number of thioether (sulfide) groups is 1. The van der Waals surface area contributed by atoms with Crippen LogP contribution in [-0.2, 0) is 4.79 Å². The monoisotopic (exact) mass is 386 g/mol. The smallest absolute Gasteiger partial charge is 0.240 e. The highest BCUT2D eigenvalue weighted by Crippen LogP contribution is 2.46. The Morgan fingerprint density at radius 1 is 1.27 bits per heavy atom. The van der Waals surface area contributed by atoms with Crippen LogP contribution in [0, 0.1) is 0 Å². The van der Waals surface area contributed by atoms with Gasteiger partial charge in [-0.3, -0.25) is 9.69 Å². The van der Waals surface area contributed by atoms with Gasteiger partial charge in [0.1, 0.15) is 16.9 Å². The van der Waals surface area contributed by atoms with Gasteiger partial charge >= 0.3 is 0 Å². The van der Waals surface area contributed by atoms with E-state index in [1.54, 1.807) is 23.8 Å². The zero-order chi connectivity index (χ0) is 18.1. The van der Waals surface area contributed by atoms with Crippen LogP contribution in [0.5, 0.6) is 11.5 Å². The second kappa shape index (κ2) is 7.17. The van der Waals surface area contributed by atoms with Crippen molar-refractivity contribution in [2.45, 2.75) is 12.3 Å². The minimum absolute atomic E-state index is 0.0648. The fraction of sp³-hybridized carbons (Fsp3) is 0.263.